The molecule has 2 aliphatic heterocycles. The van der Waals surface area contributed by atoms with Crippen LogP contribution in [0.1, 0.15) is 58.3 Å². The van der Waals surface area contributed by atoms with Crippen molar-refractivity contribution in [3.63, 3.8) is 0 Å². The second-order valence-electron chi connectivity index (χ2n) is 5.91. The molecule has 2 fully saturated rings. The van der Waals surface area contributed by atoms with Crippen molar-refractivity contribution < 1.29 is 0 Å². The molecule has 0 saturated carbocycles. The van der Waals surface area contributed by atoms with Crippen LogP contribution in [0.15, 0.2) is 0 Å². The van der Waals surface area contributed by atoms with Crippen molar-refractivity contribution >= 4 is 0 Å². The van der Waals surface area contributed by atoms with Crippen LogP contribution in [0.4, 0.5) is 0 Å². The second kappa shape index (κ2) is 7.11. The third kappa shape index (κ3) is 3.70. The molecule has 2 saturated heterocycles. The first-order valence-electron chi connectivity index (χ1n) is 7.70. The van der Waals surface area contributed by atoms with Crippen LogP contribution in [0.25, 0.3) is 0 Å². The van der Waals surface area contributed by atoms with E-state index in [4.69, 9.17) is 5.26 Å². The zero-order chi connectivity index (χ0) is 12.8. The van der Waals surface area contributed by atoms with Gasteiger partial charge >= 0.3 is 0 Å². The summed E-state index contributed by atoms with van der Waals surface area (Å²) in [5.74, 6) is 0. The molecule has 102 valence electrons. The maximum atomic E-state index is 8.59. The number of piperidine rings is 1. The predicted molar refractivity (Wildman–Crippen MR) is 74.3 cm³/mol. The van der Waals surface area contributed by atoms with Crippen LogP contribution in [0, 0.1) is 11.3 Å². The van der Waals surface area contributed by atoms with E-state index < -0.39 is 0 Å². The highest BCUT2D eigenvalue weighted by atomic mass is 15.2. The molecule has 2 bridgehead atoms. The van der Waals surface area contributed by atoms with Crippen molar-refractivity contribution in [2.75, 3.05) is 13.1 Å². The van der Waals surface area contributed by atoms with Crippen molar-refractivity contribution in [2.24, 2.45) is 0 Å². The molecule has 0 aromatic heterocycles. The monoisotopic (exact) mass is 249 g/mol. The van der Waals surface area contributed by atoms with Gasteiger partial charge < -0.3 is 10.2 Å². The van der Waals surface area contributed by atoms with Crippen LogP contribution in [0.5, 0.6) is 0 Å². The zero-order valence-corrected chi connectivity index (χ0v) is 11.7. The molecular formula is C15H27N3. The SMILES string of the molecule is CCCN(CCCCC#N)C1CC2CCC(C1)N2. The van der Waals surface area contributed by atoms with Gasteiger partial charge in [0.25, 0.3) is 0 Å². The molecule has 2 atom stereocenters. The molecule has 2 heterocycles. The third-order valence-electron chi connectivity index (χ3n) is 4.46. The topological polar surface area (TPSA) is 39.1 Å². The second-order valence-corrected chi connectivity index (χ2v) is 5.91. The highest BCUT2D eigenvalue weighted by molar-refractivity contribution is 4.95. The summed E-state index contributed by atoms with van der Waals surface area (Å²) >= 11 is 0. The summed E-state index contributed by atoms with van der Waals surface area (Å²) in [6, 6.07) is 4.61. The van der Waals surface area contributed by atoms with Crippen LogP contribution >= 0.6 is 0 Å². The van der Waals surface area contributed by atoms with Gasteiger partial charge in [0.2, 0.25) is 0 Å². The normalized spacial score (nSPS) is 30.6. The summed E-state index contributed by atoms with van der Waals surface area (Å²) in [5.41, 5.74) is 0. The van der Waals surface area contributed by atoms with Gasteiger partial charge in [-0.2, -0.15) is 5.26 Å². The first kappa shape index (κ1) is 13.8. The minimum absolute atomic E-state index is 0.720. The lowest BCUT2D eigenvalue weighted by atomic mass is 9.97. The molecule has 1 N–H and O–H groups in total. The van der Waals surface area contributed by atoms with Crippen LogP contribution < -0.4 is 5.32 Å². The summed E-state index contributed by atoms with van der Waals surface area (Å²) in [4.78, 5) is 2.70. The molecular weight excluding hydrogens is 222 g/mol. The summed E-state index contributed by atoms with van der Waals surface area (Å²) in [6.07, 6.45) is 9.67. The van der Waals surface area contributed by atoms with Gasteiger partial charge in [0.05, 0.1) is 6.07 Å². The molecule has 0 aromatic carbocycles. The number of hydrogen-bond acceptors (Lipinski definition) is 3. The van der Waals surface area contributed by atoms with Crippen LogP contribution in [-0.2, 0) is 0 Å². The van der Waals surface area contributed by atoms with E-state index in [2.05, 4.69) is 23.2 Å². The summed E-state index contributed by atoms with van der Waals surface area (Å²) in [5, 5.41) is 12.3. The maximum Gasteiger partial charge on any atom is 0.0621 e. The average Bonchev–Trinajstić information content (AvgIpc) is 2.72. The number of hydrogen-bond donors (Lipinski definition) is 1. The Morgan fingerprint density at radius 2 is 1.89 bits per heavy atom. The Hall–Kier alpha value is -0.590. The fourth-order valence-electron chi connectivity index (χ4n) is 3.61. The van der Waals surface area contributed by atoms with E-state index in [1.165, 1.54) is 51.6 Å². The minimum atomic E-state index is 0.720. The van der Waals surface area contributed by atoms with Gasteiger partial charge in [0.1, 0.15) is 0 Å². The van der Waals surface area contributed by atoms with Crippen molar-refractivity contribution in [2.45, 2.75) is 76.4 Å². The fraction of sp³-hybridized carbons (Fsp3) is 0.933. The molecule has 0 aliphatic carbocycles. The number of fused-ring (bicyclic) bond motifs is 2. The van der Waals surface area contributed by atoms with Crippen LogP contribution in [0.3, 0.4) is 0 Å². The molecule has 0 spiro atoms. The summed E-state index contributed by atoms with van der Waals surface area (Å²) in [6.45, 7) is 4.70. The molecule has 0 amide bonds. The van der Waals surface area contributed by atoms with E-state index in [0.29, 0.717) is 0 Å². The van der Waals surface area contributed by atoms with E-state index in [1.54, 1.807) is 0 Å². The molecule has 2 aliphatic rings. The van der Waals surface area contributed by atoms with E-state index in [9.17, 15) is 0 Å². The van der Waals surface area contributed by atoms with Gasteiger partial charge in [0.15, 0.2) is 0 Å². The minimum Gasteiger partial charge on any atom is -0.311 e. The quantitative estimate of drug-likeness (QED) is 0.705. The fourth-order valence-corrected chi connectivity index (χ4v) is 3.61. The number of nitriles is 1. The van der Waals surface area contributed by atoms with Crippen molar-refractivity contribution in [3.05, 3.63) is 0 Å². The Morgan fingerprint density at radius 1 is 1.17 bits per heavy atom. The number of unbranched alkanes of at least 4 members (excludes halogenated alkanes) is 2. The van der Waals surface area contributed by atoms with Gasteiger partial charge in [-0.15, -0.1) is 0 Å². The van der Waals surface area contributed by atoms with E-state index in [1.807, 2.05) is 0 Å². The van der Waals surface area contributed by atoms with E-state index >= 15 is 0 Å². The smallest absolute Gasteiger partial charge is 0.0621 e. The Balaban J connectivity index is 1.79. The van der Waals surface area contributed by atoms with E-state index in [0.717, 1.165) is 31.0 Å². The largest absolute Gasteiger partial charge is 0.311 e. The third-order valence-corrected chi connectivity index (χ3v) is 4.46. The summed E-state index contributed by atoms with van der Waals surface area (Å²) in [7, 11) is 0. The Kier molecular flexibility index (Phi) is 5.46. The lowest BCUT2D eigenvalue weighted by Gasteiger charge is -2.37. The number of nitrogens with zero attached hydrogens (tertiary/aromatic N) is 2. The predicted octanol–water partition coefficient (Wildman–Crippen LogP) is 2.68. The highest BCUT2D eigenvalue weighted by Crippen LogP contribution is 2.30. The van der Waals surface area contributed by atoms with Crippen LogP contribution in [-0.4, -0.2) is 36.1 Å². The molecule has 3 nitrogen and oxygen atoms in total. The van der Waals surface area contributed by atoms with Crippen molar-refractivity contribution in [1.29, 1.82) is 5.26 Å². The average molecular weight is 249 g/mol. The van der Waals surface area contributed by atoms with Gasteiger partial charge in [0, 0.05) is 24.5 Å². The summed E-state index contributed by atoms with van der Waals surface area (Å²) < 4.78 is 0. The van der Waals surface area contributed by atoms with E-state index in [-0.39, 0.29) is 0 Å². The Labute approximate surface area is 112 Å². The maximum absolute atomic E-state index is 8.59. The Morgan fingerprint density at radius 3 is 2.50 bits per heavy atom. The zero-order valence-electron chi connectivity index (χ0n) is 11.7. The first-order chi connectivity index (χ1) is 8.83. The van der Waals surface area contributed by atoms with Crippen molar-refractivity contribution in [3.8, 4) is 6.07 Å². The highest BCUT2D eigenvalue weighted by Gasteiger charge is 2.35. The molecule has 0 aromatic rings. The van der Waals surface area contributed by atoms with Gasteiger partial charge in [-0.25, -0.2) is 0 Å². The Bertz CT molecular complexity index is 272. The van der Waals surface area contributed by atoms with Gasteiger partial charge in [-0.1, -0.05) is 6.92 Å². The molecule has 2 unspecified atom stereocenters. The molecule has 3 heteroatoms. The first-order valence-corrected chi connectivity index (χ1v) is 7.70. The molecule has 0 radical (unpaired) electrons. The van der Waals surface area contributed by atoms with Crippen LogP contribution in [0.2, 0.25) is 0 Å². The molecule has 18 heavy (non-hydrogen) atoms. The van der Waals surface area contributed by atoms with Crippen molar-refractivity contribution in [1.82, 2.24) is 10.2 Å². The number of rotatable bonds is 7. The van der Waals surface area contributed by atoms with Gasteiger partial charge in [-0.3, -0.25) is 0 Å². The standard InChI is InChI=1S/C15H27N3/c1-2-9-18(10-5-3-4-8-16)15-11-13-6-7-14(12-15)17-13/h13-15,17H,2-7,9-12H2,1H3. The molecule has 2 rings (SSSR count). The number of nitrogens with one attached hydrogen (secondary N) is 1. The lowest BCUT2D eigenvalue weighted by molar-refractivity contribution is 0.139. The van der Waals surface area contributed by atoms with Gasteiger partial charge in [-0.05, 0) is 58.0 Å². The lowest BCUT2D eigenvalue weighted by Crippen LogP contribution is -2.48.